The maximum Gasteiger partial charge on any atom is 0.410 e. The average molecular weight is 633 g/mol. The van der Waals surface area contributed by atoms with Gasteiger partial charge in [0.2, 0.25) is 0 Å². The zero-order valence-corrected chi connectivity index (χ0v) is 26.9. The Hall–Kier alpha value is -3.60. The van der Waals surface area contributed by atoms with Crippen LogP contribution in [0.15, 0.2) is 24.4 Å². The molecule has 5 fully saturated rings. The molecule has 2 bridgehead atoms. The number of pyridine rings is 1. The molecule has 6 heterocycles. The molecule has 9 nitrogen and oxygen atoms in total. The fourth-order valence-corrected chi connectivity index (χ4v) is 8.39. The molecular weight excluding hydrogens is 590 g/mol. The van der Waals surface area contributed by atoms with Crippen LogP contribution in [0.25, 0.3) is 22.2 Å². The SMILES string of the molecule is CC(C)(C)OC(=O)N1C2CCC1CN(c1nc(OCC34CCCN3CCC4)nc3c(F)c(-c4cccc(F)c4C4CC4)ncc13)C2. The van der Waals surface area contributed by atoms with Gasteiger partial charge in [0, 0.05) is 30.4 Å². The summed E-state index contributed by atoms with van der Waals surface area (Å²) in [5.74, 6) is -0.309. The highest BCUT2D eigenvalue weighted by Crippen LogP contribution is 2.46. The van der Waals surface area contributed by atoms with Gasteiger partial charge in [-0.05, 0) is 97.2 Å². The molecule has 0 spiro atoms. The van der Waals surface area contributed by atoms with Crippen LogP contribution in [0.3, 0.4) is 0 Å². The topological polar surface area (TPSA) is 83.9 Å². The molecule has 1 aliphatic carbocycles. The van der Waals surface area contributed by atoms with Gasteiger partial charge in [-0.1, -0.05) is 12.1 Å². The Morgan fingerprint density at radius 3 is 2.41 bits per heavy atom. The fraction of sp³-hybridized carbons (Fsp3) is 0.600. The first-order valence-corrected chi connectivity index (χ1v) is 16.9. The minimum Gasteiger partial charge on any atom is -0.461 e. The van der Waals surface area contributed by atoms with Crippen LogP contribution in [0, 0.1) is 11.6 Å². The lowest BCUT2D eigenvalue weighted by molar-refractivity contribution is 0.0122. The zero-order valence-electron chi connectivity index (χ0n) is 26.9. The largest absolute Gasteiger partial charge is 0.461 e. The lowest BCUT2D eigenvalue weighted by atomic mass is 9.95. The Bertz CT molecular complexity index is 1670. The lowest BCUT2D eigenvalue weighted by Gasteiger charge is -2.42. The number of hydrogen-bond acceptors (Lipinski definition) is 8. The van der Waals surface area contributed by atoms with E-state index in [0.29, 0.717) is 42.0 Å². The van der Waals surface area contributed by atoms with Gasteiger partial charge in [-0.3, -0.25) is 14.8 Å². The van der Waals surface area contributed by atoms with E-state index < -0.39 is 11.4 Å². The van der Waals surface area contributed by atoms with Crippen LogP contribution in [-0.4, -0.2) is 86.9 Å². The molecule has 1 amide bonds. The van der Waals surface area contributed by atoms with Crippen molar-refractivity contribution in [2.45, 2.75) is 101 Å². The molecule has 11 heteroatoms. The van der Waals surface area contributed by atoms with Crippen molar-refractivity contribution in [3.05, 3.63) is 41.6 Å². The van der Waals surface area contributed by atoms with Crippen LogP contribution >= 0.6 is 0 Å². The monoisotopic (exact) mass is 632 g/mol. The van der Waals surface area contributed by atoms with Crippen molar-refractivity contribution in [3.8, 4) is 17.3 Å². The number of rotatable bonds is 6. The Balaban J connectivity index is 1.18. The van der Waals surface area contributed by atoms with E-state index in [-0.39, 0.29) is 52.7 Å². The molecule has 1 saturated carbocycles. The van der Waals surface area contributed by atoms with Crippen molar-refractivity contribution in [1.29, 1.82) is 0 Å². The fourth-order valence-electron chi connectivity index (χ4n) is 8.39. The highest BCUT2D eigenvalue weighted by Gasteiger charge is 2.46. The maximum atomic E-state index is 16.7. The Morgan fingerprint density at radius 1 is 1.02 bits per heavy atom. The summed E-state index contributed by atoms with van der Waals surface area (Å²) in [5, 5.41) is 0.476. The number of benzene rings is 1. The Labute approximate surface area is 268 Å². The average Bonchev–Trinajstić information content (AvgIpc) is 3.55. The van der Waals surface area contributed by atoms with E-state index >= 15 is 8.78 Å². The Kier molecular flexibility index (Phi) is 7.12. The summed E-state index contributed by atoms with van der Waals surface area (Å²) in [4.78, 5) is 33.8. The smallest absolute Gasteiger partial charge is 0.410 e. The van der Waals surface area contributed by atoms with E-state index in [2.05, 4.69) is 19.8 Å². The summed E-state index contributed by atoms with van der Waals surface area (Å²) in [6, 6.07) is 4.80. The van der Waals surface area contributed by atoms with Gasteiger partial charge < -0.3 is 14.4 Å². The predicted molar refractivity (Wildman–Crippen MR) is 170 cm³/mol. The molecule has 2 atom stereocenters. The van der Waals surface area contributed by atoms with Crippen LogP contribution in [0.5, 0.6) is 6.01 Å². The second kappa shape index (κ2) is 11.0. The van der Waals surface area contributed by atoms with Gasteiger partial charge in [0.25, 0.3) is 0 Å². The third-order valence-electron chi connectivity index (χ3n) is 10.6. The molecule has 3 aromatic rings. The number of amides is 1. The summed E-state index contributed by atoms with van der Waals surface area (Å²) in [6.07, 6.45) is 9.18. The van der Waals surface area contributed by atoms with Gasteiger partial charge in [0.15, 0.2) is 5.82 Å². The first-order chi connectivity index (χ1) is 22.1. The van der Waals surface area contributed by atoms with Crippen molar-refractivity contribution >= 4 is 22.8 Å². The number of ether oxygens (including phenoxy) is 2. The van der Waals surface area contributed by atoms with Gasteiger partial charge in [0.05, 0.1) is 23.0 Å². The molecule has 46 heavy (non-hydrogen) atoms. The van der Waals surface area contributed by atoms with Crippen molar-refractivity contribution in [3.63, 3.8) is 0 Å². The van der Waals surface area contributed by atoms with Crippen LogP contribution in [0.2, 0.25) is 0 Å². The summed E-state index contributed by atoms with van der Waals surface area (Å²) >= 11 is 0. The normalized spacial score (nSPS) is 24.1. The number of fused-ring (bicyclic) bond motifs is 4. The van der Waals surface area contributed by atoms with Crippen molar-refractivity contribution in [2.75, 3.05) is 37.7 Å². The summed E-state index contributed by atoms with van der Waals surface area (Å²) in [6.45, 7) is 9.26. The second-order valence-corrected chi connectivity index (χ2v) is 14.9. The third kappa shape index (κ3) is 5.15. The van der Waals surface area contributed by atoms with Crippen LogP contribution in [0.1, 0.15) is 83.6 Å². The first-order valence-electron chi connectivity index (χ1n) is 16.9. The molecule has 1 aromatic carbocycles. The first kappa shape index (κ1) is 29.8. The molecular formula is C35H42F2N6O3. The number of carbonyl (C=O) groups excluding carboxylic acids is 1. The number of hydrogen-bond donors (Lipinski definition) is 0. The van der Waals surface area contributed by atoms with E-state index in [1.807, 2.05) is 25.7 Å². The molecule has 8 rings (SSSR count). The van der Waals surface area contributed by atoms with Crippen molar-refractivity contribution < 1.29 is 23.0 Å². The van der Waals surface area contributed by atoms with Crippen LogP contribution in [0.4, 0.5) is 19.4 Å². The van der Waals surface area contributed by atoms with Gasteiger partial charge in [0.1, 0.15) is 35.1 Å². The van der Waals surface area contributed by atoms with Crippen LogP contribution < -0.4 is 9.64 Å². The minimum atomic E-state index is -0.601. The predicted octanol–water partition coefficient (Wildman–Crippen LogP) is 6.44. The van der Waals surface area contributed by atoms with Gasteiger partial charge in [-0.25, -0.2) is 13.6 Å². The molecule has 244 valence electrons. The van der Waals surface area contributed by atoms with Crippen molar-refractivity contribution in [1.82, 2.24) is 24.8 Å². The number of halogens is 2. The molecule has 2 aromatic heterocycles. The van der Waals surface area contributed by atoms with Crippen LogP contribution in [-0.2, 0) is 4.74 Å². The summed E-state index contributed by atoms with van der Waals surface area (Å²) in [5.41, 5.74) is 0.592. The zero-order chi connectivity index (χ0) is 31.8. The van der Waals surface area contributed by atoms with E-state index in [0.717, 1.165) is 64.5 Å². The molecule has 0 radical (unpaired) electrons. The number of anilines is 1. The number of aromatic nitrogens is 3. The third-order valence-corrected chi connectivity index (χ3v) is 10.6. The molecule has 2 unspecified atom stereocenters. The summed E-state index contributed by atoms with van der Waals surface area (Å²) in [7, 11) is 0. The standard InChI is InChI=1S/C35H42F2N6O3/c1-34(2,3)46-33(44)43-22-11-12-23(43)19-41(18-22)31-25-17-38-29(24-7-4-8-26(36)27(24)21-9-10-21)28(37)30(25)39-32(40-31)45-20-35-13-5-15-42(35)16-6-14-35/h4,7-8,17,21-23H,5-6,9-16,18-20H2,1-3H3. The number of piperazine rings is 1. The lowest BCUT2D eigenvalue weighted by Crippen LogP contribution is -2.57. The number of carbonyl (C=O) groups is 1. The molecule has 4 aliphatic heterocycles. The minimum absolute atomic E-state index is 0.0285. The van der Waals surface area contributed by atoms with Crippen molar-refractivity contribution in [2.24, 2.45) is 0 Å². The highest BCUT2D eigenvalue weighted by atomic mass is 19.1. The summed E-state index contributed by atoms with van der Waals surface area (Å²) < 4.78 is 43.8. The second-order valence-electron chi connectivity index (χ2n) is 14.9. The Morgan fingerprint density at radius 2 is 1.74 bits per heavy atom. The van der Waals surface area contributed by atoms with E-state index in [1.165, 1.54) is 6.07 Å². The van der Waals surface area contributed by atoms with E-state index in [9.17, 15) is 4.79 Å². The van der Waals surface area contributed by atoms with E-state index in [4.69, 9.17) is 14.5 Å². The maximum absolute atomic E-state index is 16.7. The van der Waals surface area contributed by atoms with Gasteiger partial charge in [-0.2, -0.15) is 9.97 Å². The van der Waals surface area contributed by atoms with Gasteiger partial charge >= 0.3 is 12.1 Å². The number of nitrogens with zero attached hydrogens (tertiary/aromatic N) is 6. The van der Waals surface area contributed by atoms with E-state index in [1.54, 1.807) is 18.3 Å². The molecule has 4 saturated heterocycles. The highest BCUT2D eigenvalue weighted by molar-refractivity contribution is 5.92. The quantitative estimate of drug-likeness (QED) is 0.307. The van der Waals surface area contributed by atoms with Gasteiger partial charge in [-0.15, -0.1) is 0 Å². The molecule has 0 N–H and O–H groups in total. The molecule has 5 aliphatic rings.